The van der Waals surface area contributed by atoms with Crippen LogP contribution in [0.15, 0.2) is 84.4 Å². The zero-order valence-corrected chi connectivity index (χ0v) is 15.7. The van der Waals surface area contributed by atoms with Gasteiger partial charge in [-0.15, -0.1) is 0 Å². The number of anilines is 1. The number of ether oxygens (including phenoxy) is 1. The second kappa shape index (κ2) is 9.40. The van der Waals surface area contributed by atoms with Gasteiger partial charge in [0.2, 0.25) is 0 Å². The van der Waals surface area contributed by atoms with Crippen molar-refractivity contribution in [3.05, 3.63) is 101 Å². The smallest absolute Gasteiger partial charge is 0.266 e. The molecular weight excluding hydrogens is 372 g/mol. The van der Waals surface area contributed by atoms with Crippen LogP contribution in [0.3, 0.4) is 0 Å². The zero-order chi connectivity index (χ0) is 19.8. The highest BCUT2D eigenvalue weighted by atomic mass is 35.5. The van der Waals surface area contributed by atoms with Crippen LogP contribution in [-0.4, -0.2) is 5.91 Å². The van der Waals surface area contributed by atoms with Gasteiger partial charge in [-0.2, -0.15) is 5.26 Å². The number of carbonyl (C=O) groups excluding carboxylic acids is 1. The Kier molecular flexibility index (Phi) is 6.46. The van der Waals surface area contributed by atoms with E-state index in [1.165, 1.54) is 0 Å². The predicted molar refractivity (Wildman–Crippen MR) is 111 cm³/mol. The van der Waals surface area contributed by atoms with Gasteiger partial charge in [-0.1, -0.05) is 54.1 Å². The number of halogens is 1. The Morgan fingerprint density at radius 1 is 1.04 bits per heavy atom. The summed E-state index contributed by atoms with van der Waals surface area (Å²) in [5, 5.41) is 12.7. The normalized spacial score (nSPS) is 10.8. The number of hydrogen-bond acceptors (Lipinski definition) is 3. The Morgan fingerprint density at radius 3 is 2.46 bits per heavy atom. The average molecular weight is 389 g/mol. The molecule has 0 unspecified atom stereocenters. The first-order chi connectivity index (χ1) is 13.6. The highest BCUT2D eigenvalue weighted by molar-refractivity contribution is 6.30. The van der Waals surface area contributed by atoms with Gasteiger partial charge in [0.25, 0.3) is 5.91 Å². The molecule has 138 valence electrons. The molecule has 28 heavy (non-hydrogen) atoms. The Bertz CT molecular complexity index is 1020. The SMILES string of the molecule is N#CC(=Cc1ccc(OCc2cccc(Cl)c2)cc1)C(=O)Nc1ccccc1. The summed E-state index contributed by atoms with van der Waals surface area (Å²) in [5.41, 5.74) is 2.37. The van der Waals surface area contributed by atoms with Crippen molar-refractivity contribution in [3.63, 3.8) is 0 Å². The topological polar surface area (TPSA) is 62.1 Å². The summed E-state index contributed by atoms with van der Waals surface area (Å²) in [5.74, 6) is 0.236. The molecule has 0 saturated heterocycles. The van der Waals surface area contributed by atoms with Crippen molar-refractivity contribution in [3.8, 4) is 11.8 Å². The molecule has 4 nitrogen and oxygen atoms in total. The van der Waals surface area contributed by atoms with E-state index < -0.39 is 5.91 Å². The van der Waals surface area contributed by atoms with E-state index in [1.54, 1.807) is 42.5 Å². The Balaban J connectivity index is 1.64. The molecule has 0 aliphatic rings. The highest BCUT2D eigenvalue weighted by Crippen LogP contribution is 2.18. The van der Waals surface area contributed by atoms with Gasteiger partial charge in [0.1, 0.15) is 24.0 Å². The average Bonchev–Trinajstić information content (AvgIpc) is 2.72. The largest absolute Gasteiger partial charge is 0.489 e. The molecule has 3 aromatic carbocycles. The van der Waals surface area contributed by atoms with Crippen LogP contribution in [0.5, 0.6) is 5.75 Å². The van der Waals surface area contributed by atoms with Crippen molar-refractivity contribution in [1.29, 1.82) is 5.26 Å². The minimum Gasteiger partial charge on any atom is -0.489 e. The van der Waals surface area contributed by atoms with E-state index in [-0.39, 0.29) is 5.57 Å². The Labute approximate surface area is 168 Å². The maximum Gasteiger partial charge on any atom is 0.266 e. The van der Waals surface area contributed by atoms with Crippen LogP contribution in [0.2, 0.25) is 5.02 Å². The number of para-hydroxylation sites is 1. The van der Waals surface area contributed by atoms with Crippen molar-refractivity contribution in [2.24, 2.45) is 0 Å². The van der Waals surface area contributed by atoms with Gasteiger partial charge in [-0.05, 0) is 53.6 Å². The Morgan fingerprint density at radius 2 is 1.79 bits per heavy atom. The van der Waals surface area contributed by atoms with Crippen LogP contribution < -0.4 is 10.1 Å². The van der Waals surface area contributed by atoms with Gasteiger partial charge in [-0.3, -0.25) is 4.79 Å². The first-order valence-corrected chi connectivity index (χ1v) is 8.97. The fourth-order valence-corrected chi connectivity index (χ4v) is 2.70. The molecule has 0 heterocycles. The molecule has 0 aliphatic heterocycles. The second-order valence-electron chi connectivity index (χ2n) is 5.98. The third-order valence-corrected chi connectivity index (χ3v) is 4.12. The quantitative estimate of drug-likeness (QED) is 0.450. The van der Waals surface area contributed by atoms with Crippen LogP contribution in [-0.2, 0) is 11.4 Å². The van der Waals surface area contributed by atoms with E-state index >= 15 is 0 Å². The van der Waals surface area contributed by atoms with Crippen LogP contribution in [0, 0.1) is 11.3 Å². The molecular formula is C23H17ClN2O2. The number of amides is 1. The van der Waals surface area contributed by atoms with E-state index in [0.717, 1.165) is 11.1 Å². The maximum atomic E-state index is 12.3. The van der Waals surface area contributed by atoms with Gasteiger partial charge < -0.3 is 10.1 Å². The van der Waals surface area contributed by atoms with Crippen LogP contribution in [0.4, 0.5) is 5.69 Å². The molecule has 0 saturated carbocycles. The molecule has 0 fully saturated rings. The van der Waals surface area contributed by atoms with Crippen molar-refractivity contribution in [1.82, 2.24) is 0 Å². The second-order valence-corrected chi connectivity index (χ2v) is 6.41. The molecule has 1 N–H and O–H groups in total. The summed E-state index contributed by atoms with van der Waals surface area (Å²) < 4.78 is 5.74. The van der Waals surface area contributed by atoms with Crippen LogP contribution in [0.25, 0.3) is 6.08 Å². The standard InChI is InChI=1S/C23H17ClN2O2/c24-20-6-4-5-18(14-20)16-28-22-11-9-17(10-12-22)13-19(15-25)23(27)26-21-7-2-1-3-8-21/h1-14H,16H2,(H,26,27). The lowest BCUT2D eigenvalue weighted by atomic mass is 10.1. The van der Waals surface area contributed by atoms with E-state index in [2.05, 4.69) is 5.32 Å². The van der Waals surface area contributed by atoms with Gasteiger partial charge >= 0.3 is 0 Å². The number of nitrogens with one attached hydrogen (secondary N) is 1. The summed E-state index contributed by atoms with van der Waals surface area (Å²) in [6.07, 6.45) is 1.54. The molecule has 5 heteroatoms. The fourth-order valence-electron chi connectivity index (χ4n) is 2.49. The zero-order valence-electron chi connectivity index (χ0n) is 14.9. The predicted octanol–water partition coefficient (Wildman–Crippen LogP) is 5.46. The van der Waals surface area contributed by atoms with E-state index in [4.69, 9.17) is 16.3 Å². The van der Waals surface area contributed by atoms with Crippen LogP contribution in [0.1, 0.15) is 11.1 Å². The van der Waals surface area contributed by atoms with Gasteiger partial charge in [0.05, 0.1) is 0 Å². The molecule has 3 aromatic rings. The fraction of sp³-hybridized carbons (Fsp3) is 0.0435. The minimum absolute atomic E-state index is 0.0245. The van der Waals surface area contributed by atoms with E-state index in [9.17, 15) is 10.1 Å². The van der Waals surface area contributed by atoms with Crippen molar-refractivity contribution >= 4 is 29.3 Å². The molecule has 0 aromatic heterocycles. The molecule has 0 spiro atoms. The number of nitrogens with zero attached hydrogens (tertiary/aromatic N) is 1. The summed E-state index contributed by atoms with van der Waals surface area (Å²) in [7, 11) is 0. The minimum atomic E-state index is -0.449. The lowest BCUT2D eigenvalue weighted by Gasteiger charge is -2.07. The molecule has 0 bridgehead atoms. The number of carbonyl (C=O) groups is 1. The van der Waals surface area contributed by atoms with Crippen molar-refractivity contribution < 1.29 is 9.53 Å². The molecule has 0 atom stereocenters. The Hall–Kier alpha value is -3.55. The maximum absolute atomic E-state index is 12.3. The van der Waals surface area contributed by atoms with Crippen LogP contribution >= 0.6 is 11.6 Å². The lowest BCUT2D eigenvalue weighted by molar-refractivity contribution is -0.112. The first kappa shape index (κ1) is 19.2. The molecule has 1 amide bonds. The number of nitriles is 1. The summed E-state index contributed by atoms with van der Waals surface area (Å²) in [6, 6.07) is 25.6. The highest BCUT2D eigenvalue weighted by Gasteiger charge is 2.09. The first-order valence-electron chi connectivity index (χ1n) is 8.59. The third-order valence-electron chi connectivity index (χ3n) is 3.88. The van der Waals surface area contributed by atoms with Gasteiger partial charge in [0, 0.05) is 10.7 Å². The molecule has 0 aliphatic carbocycles. The summed E-state index contributed by atoms with van der Waals surface area (Å²) in [6.45, 7) is 0.401. The van der Waals surface area contributed by atoms with Gasteiger partial charge in [0.15, 0.2) is 0 Å². The van der Waals surface area contributed by atoms with Gasteiger partial charge in [-0.25, -0.2) is 0 Å². The summed E-state index contributed by atoms with van der Waals surface area (Å²) >= 11 is 5.97. The van der Waals surface area contributed by atoms with E-state index in [0.29, 0.717) is 23.1 Å². The van der Waals surface area contributed by atoms with E-state index in [1.807, 2.05) is 48.5 Å². The monoisotopic (exact) mass is 388 g/mol. The van der Waals surface area contributed by atoms with Crippen molar-refractivity contribution in [2.45, 2.75) is 6.61 Å². The number of hydrogen-bond donors (Lipinski definition) is 1. The third kappa shape index (κ3) is 5.47. The number of rotatable bonds is 6. The summed E-state index contributed by atoms with van der Waals surface area (Å²) in [4.78, 5) is 12.3. The molecule has 3 rings (SSSR count). The lowest BCUT2D eigenvalue weighted by Crippen LogP contribution is -2.13. The molecule has 0 radical (unpaired) electrons. The van der Waals surface area contributed by atoms with Crippen molar-refractivity contribution in [2.75, 3.05) is 5.32 Å². The number of benzene rings is 3.